The first kappa shape index (κ1) is 10.9. The van der Waals surface area contributed by atoms with E-state index in [4.69, 9.17) is 5.11 Å². The van der Waals surface area contributed by atoms with Crippen LogP contribution in [0.2, 0.25) is 0 Å². The van der Waals surface area contributed by atoms with Crippen LogP contribution in [-0.2, 0) is 0 Å². The maximum Gasteiger partial charge on any atom is 0.336 e. The molecule has 0 heterocycles. The Morgan fingerprint density at radius 2 is 1.50 bits per heavy atom. The third kappa shape index (κ3) is 1.99. The van der Waals surface area contributed by atoms with E-state index in [1.54, 1.807) is 12.1 Å². The van der Waals surface area contributed by atoms with Gasteiger partial charge in [0.25, 0.3) is 0 Å². The zero-order valence-corrected chi connectivity index (χ0v) is 9.94. The number of aromatic carboxylic acids is 1. The fraction of sp³-hybridized carbons (Fsp3) is 0. The summed E-state index contributed by atoms with van der Waals surface area (Å²) < 4.78 is 0.892. The van der Waals surface area contributed by atoms with Crippen molar-refractivity contribution in [2.45, 2.75) is 0 Å². The highest BCUT2D eigenvalue weighted by Crippen LogP contribution is 2.30. The predicted molar refractivity (Wildman–Crippen MR) is 66.5 cm³/mol. The molecule has 2 aromatic rings. The molecule has 0 saturated carbocycles. The van der Waals surface area contributed by atoms with Crippen LogP contribution in [-0.4, -0.2) is 11.1 Å². The van der Waals surface area contributed by atoms with E-state index in [1.165, 1.54) is 0 Å². The lowest BCUT2D eigenvalue weighted by atomic mass is 10.00. The van der Waals surface area contributed by atoms with Crippen molar-refractivity contribution in [3.05, 3.63) is 58.6 Å². The summed E-state index contributed by atoms with van der Waals surface area (Å²) in [6.07, 6.45) is 0. The van der Waals surface area contributed by atoms with Crippen LogP contribution in [0.3, 0.4) is 0 Å². The lowest BCUT2D eigenvalue weighted by Crippen LogP contribution is -1.99. The Kier molecular flexibility index (Phi) is 3.06. The van der Waals surface area contributed by atoms with E-state index < -0.39 is 5.97 Å². The Balaban J connectivity index is 2.65. The molecule has 0 unspecified atom stereocenters. The maximum atomic E-state index is 11.1. The van der Waals surface area contributed by atoms with Gasteiger partial charge in [0.05, 0.1) is 5.56 Å². The molecule has 1 N–H and O–H groups in total. The molecule has 0 aliphatic carbocycles. The van der Waals surface area contributed by atoms with Crippen LogP contribution < -0.4 is 0 Å². The van der Waals surface area contributed by atoms with Crippen LogP contribution >= 0.6 is 15.9 Å². The molecule has 3 heteroatoms. The molecule has 2 rings (SSSR count). The summed E-state index contributed by atoms with van der Waals surface area (Å²) in [6, 6.07) is 14.6. The molecule has 0 radical (unpaired) electrons. The molecule has 0 atom stereocenters. The van der Waals surface area contributed by atoms with Crippen LogP contribution in [0.1, 0.15) is 10.4 Å². The first-order valence-corrected chi connectivity index (χ1v) is 5.56. The van der Waals surface area contributed by atoms with Crippen LogP contribution in [0.5, 0.6) is 0 Å². The Morgan fingerprint density at radius 1 is 0.938 bits per heavy atom. The van der Waals surface area contributed by atoms with Gasteiger partial charge < -0.3 is 5.11 Å². The summed E-state index contributed by atoms with van der Waals surface area (Å²) in [6.45, 7) is 0. The smallest absolute Gasteiger partial charge is 0.336 e. The predicted octanol–water partition coefficient (Wildman–Crippen LogP) is 3.81. The maximum absolute atomic E-state index is 11.1. The Labute approximate surface area is 102 Å². The molecule has 16 heavy (non-hydrogen) atoms. The van der Waals surface area contributed by atoms with Gasteiger partial charge in [-0.05, 0) is 23.3 Å². The lowest BCUT2D eigenvalue weighted by molar-refractivity contribution is 0.0697. The number of hydrogen-bond donors (Lipinski definition) is 1. The van der Waals surface area contributed by atoms with Gasteiger partial charge in [0.2, 0.25) is 0 Å². The molecule has 0 saturated heterocycles. The molecule has 0 amide bonds. The first-order valence-electron chi connectivity index (χ1n) is 4.77. The number of halogens is 1. The number of carbonyl (C=O) groups is 1. The highest BCUT2D eigenvalue weighted by atomic mass is 79.9. The average molecular weight is 277 g/mol. The van der Waals surface area contributed by atoms with Crippen molar-refractivity contribution in [3.8, 4) is 11.1 Å². The molecular weight excluding hydrogens is 268 g/mol. The van der Waals surface area contributed by atoms with Gasteiger partial charge >= 0.3 is 5.97 Å². The normalized spacial score (nSPS) is 10.1. The van der Waals surface area contributed by atoms with Crippen molar-refractivity contribution < 1.29 is 9.90 Å². The minimum absolute atomic E-state index is 0.314. The van der Waals surface area contributed by atoms with Gasteiger partial charge in [0.1, 0.15) is 0 Å². The largest absolute Gasteiger partial charge is 0.478 e. The van der Waals surface area contributed by atoms with Gasteiger partial charge in [0, 0.05) is 4.47 Å². The van der Waals surface area contributed by atoms with Gasteiger partial charge in [-0.3, -0.25) is 0 Å². The Hall–Kier alpha value is -1.61. The number of benzene rings is 2. The van der Waals surface area contributed by atoms with Crippen LogP contribution in [0, 0.1) is 0 Å². The molecule has 2 aromatic carbocycles. The molecule has 80 valence electrons. The van der Waals surface area contributed by atoms with E-state index in [0.29, 0.717) is 5.56 Å². The molecule has 0 spiro atoms. The third-order valence-electron chi connectivity index (χ3n) is 2.32. The lowest BCUT2D eigenvalue weighted by Gasteiger charge is -2.07. The summed E-state index contributed by atoms with van der Waals surface area (Å²) in [4.78, 5) is 11.1. The number of carboxylic acid groups (broad SMARTS) is 1. The van der Waals surface area contributed by atoms with Gasteiger partial charge in [-0.25, -0.2) is 4.79 Å². The van der Waals surface area contributed by atoms with Crippen LogP contribution in [0.4, 0.5) is 0 Å². The molecule has 0 aliphatic heterocycles. The van der Waals surface area contributed by atoms with Crippen molar-refractivity contribution in [2.24, 2.45) is 0 Å². The van der Waals surface area contributed by atoms with Crippen LogP contribution in [0.25, 0.3) is 11.1 Å². The molecule has 0 aliphatic rings. The van der Waals surface area contributed by atoms with Crippen LogP contribution in [0.15, 0.2) is 53.0 Å². The second kappa shape index (κ2) is 4.49. The molecule has 0 fully saturated rings. The van der Waals surface area contributed by atoms with E-state index in [2.05, 4.69) is 15.9 Å². The zero-order valence-electron chi connectivity index (χ0n) is 8.35. The van der Waals surface area contributed by atoms with E-state index in [0.717, 1.165) is 15.6 Å². The van der Waals surface area contributed by atoms with Crippen molar-refractivity contribution in [3.63, 3.8) is 0 Å². The Bertz CT molecular complexity index is 535. The van der Waals surface area contributed by atoms with Crippen molar-refractivity contribution >= 4 is 21.9 Å². The van der Waals surface area contributed by atoms with E-state index in [9.17, 15) is 4.79 Å². The average Bonchev–Trinajstić information content (AvgIpc) is 2.29. The second-order valence-corrected chi connectivity index (χ2v) is 4.18. The third-order valence-corrected chi connectivity index (χ3v) is 3.01. The summed E-state index contributed by atoms with van der Waals surface area (Å²) >= 11 is 3.42. The first-order chi connectivity index (χ1) is 7.70. The zero-order chi connectivity index (χ0) is 11.5. The van der Waals surface area contributed by atoms with Crippen molar-refractivity contribution in [1.29, 1.82) is 0 Å². The highest BCUT2D eigenvalue weighted by Gasteiger charge is 2.12. The minimum atomic E-state index is -0.911. The van der Waals surface area contributed by atoms with Crippen molar-refractivity contribution in [2.75, 3.05) is 0 Å². The van der Waals surface area contributed by atoms with Gasteiger partial charge in [-0.2, -0.15) is 0 Å². The monoisotopic (exact) mass is 276 g/mol. The molecule has 2 nitrogen and oxygen atoms in total. The topological polar surface area (TPSA) is 37.3 Å². The number of rotatable bonds is 2. The SMILES string of the molecule is O=C(O)c1ccccc1-c1ccccc1Br. The second-order valence-electron chi connectivity index (χ2n) is 3.33. The molecule has 0 bridgehead atoms. The quantitative estimate of drug-likeness (QED) is 0.906. The minimum Gasteiger partial charge on any atom is -0.478 e. The fourth-order valence-electron chi connectivity index (χ4n) is 1.58. The van der Waals surface area contributed by atoms with E-state index >= 15 is 0 Å². The summed E-state index contributed by atoms with van der Waals surface area (Å²) in [5, 5.41) is 9.10. The van der Waals surface area contributed by atoms with Crippen molar-refractivity contribution in [1.82, 2.24) is 0 Å². The fourth-order valence-corrected chi connectivity index (χ4v) is 2.08. The summed E-state index contributed by atoms with van der Waals surface area (Å²) in [5.74, 6) is -0.911. The highest BCUT2D eigenvalue weighted by molar-refractivity contribution is 9.10. The standard InChI is InChI=1S/C13H9BrO2/c14-12-8-4-3-6-10(12)9-5-1-2-7-11(9)13(15)16/h1-8H,(H,15,16). The van der Waals surface area contributed by atoms with E-state index in [1.807, 2.05) is 36.4 Å². The summed E-state index contributed by atoms with van der Waals surface area (Å²) in [5.41, 5.74) is 1.93. The number of carboxylic acids is 1. The molecule has 0 aromatic heterocycles. The van der Waals surface area contributed by atoms with Gasteiger partial charge in [0.15, 0.2) is 0 Å². The van der Waals surface area contributed by atoms with Gasteiger partial charge in [-0.1, -0.05) is 52.3 Å². The van der Waals surface area contributed by atoms with Gasteiger partial charge in [-0.15, -0.1) is 0 Å². The summed E-state index contributed by atoms with van der Waals surface area (Å²) in [7, 11) is 0. The number of hydrogen-bond acceptors (Lipinski definition) is 1. The Morgan fingerprint density at radius 3 is 2.12 bits per heavy atom. The van der Waals surface area contributed by atoms with E-state index in [-0.39, 0.29) is 0 Å². The molecular formula is C13H9BrO2.